The van der Waals surface area contributed by atoms with Gasteiger partial charge in [0.15, 0.2) is 5.82 Å². The fourth-order valence-electron chi connectivity index (χ4n) is 1.71. The van der Waals surface area contributed by atoms with Crippen molar-refractivity contribution in [2.24, 2.45) is 0 Å². The zero-order chi connectivity index (χ0) is 14.5. The Morgan fingerprint density at radius 3 is 2.85 bits per heavy atom. The summed E-state index contributed by atoms with van der Waals surface area (Å²) in [4.78, 5) is 25.1. The van der Waals surface area contributed by atoms with Crippen molar-refractivity contribution in [3.05, 3.63) is 51.7 Å². The maximum atomic E-state index is 11.2. The molecular formula is C11H10N4O5. The first kappa shape index (κ1) is 13.6. The predicted molar refractivity (Wildman–Crippen MR) is 64.9 cm³/mol. The molecule has 0 aliphatic rings. The molecule has 20 heavy (non-hydrogen) atoms. The van der Waals surface area contributed by atoms with Gasteiger partial charge in [-0.05, 0) is 5.56 Å². The van der Waals surface area contributed by atoms with Crippen molar-refractivity contribution < 1.29 is 19.3 Å². The highest BCUT2D eigenvalue weighted by molar-refractivity contribution is 5.94. The molecule has 0 saturated heterocycles. The average Bonchev–Trinajstić information content (AvgIpc) is 2.91. The molecule has 0 radical (unpaired) electrons. The summed E-state index contributed by atoms with van der Waals surface area (Å²) >= 11 is 0. The standard InChI is InChI=1S/C11H10N4O5/c16-11(17)10-7(2-1-3-8(10)15(18)19)4-12-5-9-13-6-20-14-9/h1-3,6,12H,4-5H2,(H,16,17). The van der Waals surface area contributed by atoms with Crippen molar-refractivity contribution in [1.82, 2.24) is 15.5 Å². The minimum Gasteiger partial charge on any atom is -0.477 e. The summed E-state index contributed by atoms with van der Waals surface area (Å²) < 4.78 is 4.55. The van der Waals surface area contributed by atoms with E-state index in [1.807, 2.05) is 0 Å². The Balaban J connectivity index is 2.16. The fraction of sp³-hybridized carbons (Fsp3) is 0.182. The molecule has 104 valence electrons. The van der Waals surface area contributed by atoms with Crippen LogP contribution in [-0.2, 0) is 13.1 Å². The molecule has 2 rings (SSSR count). The number of carbonyl (C=O) groups is 1. The van der Waals surface area contributed by atoms with E-state index >= 15 is 0 Å². The van der Waals surface area contributed by atoms with Gasteiger partial charge in [-0.3, -0.25) is 10.1 Å². The van der Waals surface area contributed by atoms with Crippen LogP contribution in [0.25, 0.3) is 0 Å². The number of aromatic nitrogens is 2. The van der Waals surface area contributed by atoms with Gasteiger partial charge in [-0.15, -0.1) is 0 Å². The van der Waals surface area contributed by atoms with Gasteiger partial charge in [0.2, 0.25) is 6.39 Å². The van der Waals surface area contributed by atoms with Gasteiger partial charge < -0.3 is 14.9 Å². The van der Waals surface area contributed by atoms with E-state index in [4.69, 9.17) is 5.11 Å². The summed E-state index contributed by atoms with van der Waals surface area (Å²) in [6.07, 6.45) is 1.17. The molecule has 1 aromatic heterocycles. The molecule has 2 aromatic rings. The van der Waals surface area contributed by atoms with Crippen LogP contribution in [0.5, 0.6) is 0 Å². The third-order valence-corrected chi connectivity index (χ3v) is 2.54. The van der Waals surface area contributed by atoms with Crippen LogP contribution in [-0.4, -0.2) is 26.1 Å². The van der Waals surface area contributed by atoms with E-state index in [0.29, 0.717) is 11.4 Å². The SMILES string of the molecule is O=C(O)c1c(CNCc2ncon2)cccc1[N+](=O)[O-]. The number of hydrogen-bond acceptors (Lipinski definition) is 7. The minimum absolute atomic E-state index is 0.137. The number of nitrogens with one attached hydrogen (secondary N) is 1. The third kappa shape index (κ3) is 2.95. The van der Waals surface area contributed by atoms with Crippen LogP contribution in [0.1, 0.15) is 21.7 Å². The zero-order valence-electron chi connectivity index (χ0n) is 10.1. The van der Waals surface area contributed by atoms with Crippen LogP contribution in [0.2, 0.25) is 0 Å². The number of nitrogens with zero attached hydrogens (tertiary/aromatic N) is 3. The molecule has 0 bridgehead atoms. The van der Waals surface area contributed by atoms with Crippen molar-refractivity contribution in [2.75, 3.05) is 0 Å². The third-order valence-electron chi connectivity index (χ3n) is 2.54. The molecule has 0 fully saturated rings. The lowest BCUT2D eigenvalue weighted by Crippen LogP contribution is -2.17. The molecule has 0 saturated carbocycles. The molecule has 9 heteroatoms. The molecule has 0 unspecified atom stereocenters. The Kier molecular flexibility index (Phi) is 4.01. The molecule has 1 heterocycles. The second-order valence-electron chi connectivity index (χ2n) is 3.82. The molecule has 0 aliphatic carbocycles. The van der Waals surface area contributed by atoms with E-state index in [1.54, 1.807) is 0 Å². The summed E-state index contributed by atoms with van der Waals surface area (Å²) in [7, 11) is 0. The summed E-state index contributed by atoms with van der Waals surface area (Å²) in [5.74, 6) is -0.930. The lowest BCUT2D eigenvalue weighted by atomic mass is 10.1. The van der Waals surface area contributed by atoms with Gasteiger partial charge in [0, 0.05) is 12.6 Å². The van der Waals surface area contributed by atoms with Crippen molar-refractivity contribution in [1.29, 1.82) is 0 Å². The highest BCUT2D eigenvalue weighted by Gasteiger charge is 2.22. The molecule has 0 atom stereocenters. The van der Waals surface area contributed by atoms with Crippen LogP contribution in [0.4, 0.5) is 5.69 Å². The Labute approximate surface area is 112 Å². The van der Waals surface area contributed by atoms with E-state index < -0.39 is 16.6 Å². The molecule has 2 N–H and O–H groups in total. The summed E-state index contributed by atoms with van der Waals surface area (Å²) in [6.45, 7) is 0.399. The maximum absolute atomic E-state index is 11.2. The van der Waals surface area contributed by atoms with Gasteiger partial charge in [0.1, 0.15) is 5.56 Å². The molecular weight excluding hydrogens is 268 g/mol. The number of rotatable bonds is 6. The predicted octanol–water partition coefficient (Wildman–Crippen LogP) is 0.966. The van der Waals surface area contributed by atoms with Crippen LogP contribution >= 0.6 is 0 Å². The van der Waals surface area contributed by atoms with Crippen molar-refractivity contribution in [2.45, 2.75) is 13.1 Å². The number of nitro benzene ring substituents is 1. The first-order valence-electron chi connectivity index (χ1n) is 5.55. The minimum atomic E-state index is -1.34. The lowest BCUT2D eigenvalue weighted by molar-refractivity contribution is -0.385. The molecule has 0 amide bonds. The zero-order valence-corrected chi connectivity index (χ0v) is 10.1. The second kappa shape index (κ2) is 5.89. The Bertz CT molecular complexity index is 626. The van der Waals surface area contributed by atoms with Gasteiger partial charge in [0.25, 0.3) is 5.69 Å². The van der Waals surface area contributed by atoms with Gasteiger partial charge in [0.05, 0.1) is 11.5 Å². The number of carboxylic acid groups (broad SMARTS) is 1. The molecule has 9 nitrogen and oxygen atoms in total. The van der Waals surface area contributed by atoms with Gasteiger partial charge >= 0.3 is 5.97 Å². The van der Waals surface area contributed by atoms with E-state index in [9.17, 15) is 14.9 Å². The van der Waals surface area contributed by atoms with E-state index in [1.165, 1.54) is 18.5 Å². The van der Waals surface area contributed by atoms with Gasteiger partial charge in [-0.1, -0.05) is 17.3 Å². The number of benzene rings is 1. The van der Waals surface area contributed by atoms with Crippen molar-refractivity contribution >= 4 is 11.7 Å². The molecule has 0 spiro atoms. The van der Waals surface area contributed by atoms with Crippen LogP contribution < -0.4 is 5.32 Å². The Morgan fingerprint density at radius 2 is 2.25 bits per heavy atom. The summed E-state index contributed by atoms with van der Waals surface area (Å²) in [6, 6.07) is 4.11. The summed E-state index contributed by atoms with van der Waals surface area (Å²) in [5.41, 5.74) is -0.440. The van der Waals surface area contributed by atoms with E-state index in [0.717, 1.165) is 6.07 Å². The highest BCUT2D eigenvalue weighted by atomic mass is 16.6. The monoisotopic (exact) mass is 278 g/mol. The average molecular weight is 278 g/mol. The van der Waals surface area contributed by atoms with E-state index in [-0.39, 0.29) is 18.7 Å². The summed E-state index contributed by atoms with van der Waals surface area (Å²) in [5, 5.41) is 26.4. The number of aromatic carboxylic acids is 1. The highest BCUT2D eigenvalue weighted by Crippen LogP contribution is 2.22. The molecule has 0 aliphatic heterocycles. The first-order valence-corrected chi connectivity index (χ1v) is 5.55. The van der Waals surface area contributed by atoms with Crippen LogP contribution in [0.3, 0.4) is 0 Å². The molecule has 1 aromatic carbocycles. The van der Waals surface area contributed by atoms with Crippen molar-refractivity contribution in [3.63, 3.8) is 0 Å². The van der Waals surface area contributed by atoms with E-state index in [2.05, 4.69) is 20.0 Å². The number of hydrogen-bond donors (Lipinski definition) is 2. The van der Waals surface area contributed by atoms with Gasteiger partial charge in [-0.2, -0.15) is 4.98 Å². The second-order valence-corrected chi connectivity index (χ2v) is 3.82. The normalized spacial score (nSPS) is 10.4. The number of nitro groups is 1. The van der Waals surface area contributed by atoms with Crippen LogP contribution in [0, 0.1) is 10.1 Å². The maximum Gasteiger partial charge on any atom is 0.343 e. The number of carboxylic acids is 1. The lowest BCUT2D eigenvalue weighted by Gasteiger charge is -2.07. The van der Waals surface area contributed by atoms with Crippen molar-refractivity contribution in [3.8, 4) is 0 Å². The fourth-order valence-corrected chi connectivity index (χ4v) is 1.71. The topological polar surface area (TPSA) is 131 Å². The Morgan fingerprint density at radius 1 is 1.45 bits per heavy atom. The largest absolute Gasteiger partial charge is 0.477 e. The van der Waals surface area contributed by atoms with Crippen LogP contribution in [0.15, 0.2) is 29.1 Å². The Hall–Kier alpha value is -2.81. The smallest absolute Gasteiger partial charge is 0.343 e. The quantitative estimate of drug-likeness (QED) is 0.590. The van der Waals surface area contributed by atoms with Gasteiger partial charge in [-0.25, -0.2) is 4.79 Å². The first-order chi connectivity index (χ1) is 9.59.